The van der Waals surface area contributed by atoms with Crippen LogP contribution in [0.3, 0.4) is 0 Å². The molecule has 0 atom stereocenters. The van der Waals surface area contributed by atoms with Gasteiger partial charge in [0, 0.05) is 5.69 Å². The lowest BCUT2D eigenvalue weighted by Crippen LogP contribution is -1.89. The number of aliphatic imine (C=N–C) groups is 1. The minimum Gasteiger partial charge on any atom is -0.508 e. The summed E-state index contributed by atoms with van der Waals surface area (Å²) in [5.74, 6) is 0.306. The number of hydrogen-bond donors (Lipinski definition) is 1. The van der Waals surface area contributed by atoms with Gasteiger partial charge in [-0.3, -0.25) is 9.98 Å². The van der Waals surface area contributed by atoms with Crippen LogP contribution in [-0.2, 0) is 0 Å². The van der Waals surface area contributed by atoms with Gasteiger partial charge in [0.1, 0.15) is 5.75 Å². The van der Waals surface area contributed by atoms with Crippen molar-refractivity contribution >= 4 is 11.9 Å². The van der Waals surface area contributed by atoms with Crippen LogP contribution >= 0.6 is 0 Å². The zero-order valence-corrected chi connectivity index (χ0v) is 10.8. The average molecular weight is 240 g/mol. The number of nitrogens with zero attached hydrogens (tertiary/aromatic N) is 2. The molecule has 0 fully saturated rings. The molecule has 1 aromatic carbocycles. The second-order valence-corrected chi connectivity index (χ2v) is 4.39. The first-order valence-corrected chi connectivity index (χ1v) is 5.84. The van der Waals surface area contributed by atoms with E-state index in [1.165, 1.54) is 0 Å². The van der Waals surface area contributed by atoms with Crippen molar-refractivity contribution in [2.75, 3.05) is 0 Å². The Morgan fingerprint density at radius 1 is 1.11 bits per heavy atom. The van der Waals surface area contributed by atoms with Gasteiger partial charge in [0.2, 0.25) is 0 Å². The van der Waals surface area contributed by atoms with E-state index in [2.05, 4.69) is 9.98 Å². The SMILES string of the molecule is Cc1cccc(C=Nc2cc(C)c(O)cc2C)n1. The molecule has 2 aromatic rings. The molecule has 0 spiro atoms. The molecule has 92 valence electrons. The summed E-state index contributed by atoms with van der Waals surface area (Å²) in [5, 5.41) is 9.58. The summed E-state index contributed by atoms with van der Waals surface area (Å²) in [6, 6.07) is 9.42. The molecule has 0 aliphatic heterocycles. The summed E-state index contributed by atoms with van der Waals surface area (Å²) in [4.78, 5) is 8.78. The Balaban J connectivity index is 2.32. The maximum Gasteiger partial charge on any atom is 0.118 e. The van der Waals surface area contributed by atoms with E-state index in [4.69, 9.17) is 0 Å². The van der Waals surface area contributed by atoms with Crippen LogP contribution in [0.2, 0.25) is 0 Å². The van der Waals surface area contributed by atoms with E-state index in [0.717, 1.165) is 28.2 Å². The van der Waals surface area contributed by atoms with Crippen LogP contribution in [0.1, 0.15) is 22.5 Å². The molecule has 2 rings (SSSR count). The van der Waals surface area contributed by atoms with Crippen molar-refractivity contribution in [1.82, 2.24) is 4.98 Å². The second kappa shape index (κ2) is 5.00. The van der Waals surface area contributed by atoms with E-state index in [1.54, 1.807) is 12.3 Å². The first kappa shape index (κ1) is 12.3. The standard InChI is InChI=1S/C15H16N2O/c1-10-8-15(18)11(2)7-14(10)16-9-13-6-4-5-12(3)17-13/h4-9,18H,1-3H3. The monoisotopic (exact) mass is 240 g/mol. The van der Waals surface area contributed by atoms with Crippen LogP contribution in [0, 0.1) is 20.8 Å². The van der Waals surface area contributed by atoms with Gasteiger partial charge in [0.05, 0.1) is 17.6 Å². The molecular weight excluding hydrogens is 224 g/mol. The summed E-state index contributed by atoms with van der Waals surface area (Å²) < 4.78 is 0. The molecule has 0 saturated heterocycles. The fourth-order valence-electron chi connectivity index (χ4n) is 1.70. The van der Waals surface area contributed by atoms with Gasteiger partial charge in [0.25, 0.3) is 0 Å². The molecule has 0 radical (unpaired) electrons. The van der Waals surface area contributed by atoms with Gasteiger partial charge in [-0.25, -0.2) is 0 Å². The summed E-state index contributed by atoms with van der Waals surface area (Å²) in [6.07, 6.45) is 1.74. The molecule has 1 aromatic heterocycles. The minimum absolute atomic E-state index is 0.306. The van der Waals surface area contributed by atoms with Crippen LogP contribution in [0.25, 0.3) is 0 Å². The zero-order valence-electron chi connectivity index (χ0n) is 10.8. The number of hydrogen-bond acceptors (Lipinski definition) is 3. The van der Waals surface area contributed by atoms with Crippen LogP contribution in [0.15, 0.2) is 35.3 Å². The number of benzene rings is 1. The van der Waals surface area contributed by atoms with Crippen molar-refractivity contribution in [2.45, 2.75) is 20.8 Å². The largest absolute Gasteiger partial charge is 0.508 e. The fourth-order valence-corrected chi connectivity index (χ4v) is 1.70. The zero-order chi connectivity index (χ0) is 13.1. The van der Waals surface area contributed by atoms with Gasteiger partial charge in [-0.05, 0) is 56.2 Å². The molecule has 0 amide bonds. The first-order chi connectivity index (χ1) is 8.56. The normalized spacial score (nSPS) is 11.1. The highest BCUT2D eigenvalue weighted by molar-refractivity contribution is 5.80. The van der Waals surface area contributed by atoms with Crippen molar-refractivity contribution in [3.8, 4) is 5.75 Å². The Hall–Kier alpha value is -2.16. The summed E-state index contributed by atoms with van der Waals surface area (Å²) in [7, 11) is 0. The topological polar surface area (TPSA) is 45.5 Å². The molecular formula is C15H16N2O. The van der Waals surface area contributed by atoms with Gasteiger partial charge in [-0.15, -0.1) is 0 Å². The van der Waals surface area contributed by atoms with E-state index in [-0.39, 0.29) is 0 Å². The highest BCUT2D eigenvalue weighted by Crippen LogP contribution is 2.26. The van der Waals surface area contributed by atoms with Gasteiger partial charge >= 0.3 is 0 Å². The van der Waals surface area contributed by atoms with E-state index in [0.29, 0.717) is 5.75 Å². The molecule has 1 heterocycles. The molecule has 1 N–H and O–H groups in total. The summed E-state index contributed by atoms with van der Waals surface area (Å²) in [5.41, 5.74) is 4.43. The molecule has 0 unspecified atom stereocenters. The Bertz CT molecular complexity index is 603. The fraction of sp³-hybridized carbons (Fsp3) is 0.200. The van der Waals surface area contributed by atoms with Gasteiger partial charge in [-0.1, -0.05) is 6.07 Å². The first-order valence-electron chi connectivity index (χ1n) is 5.84. The van der Waals surface area contributed by atoms with E-state index < -0.39 is 0 Å². The number of rotatable bonds is 2. The maximum atomic E-state index is 9.58. The number of phenolic OH excluding ortho intramolecular Hbond substituents is 1. The Labute approximate surface area is 107 Å². The number of aryl methyl sites for hydroxylation is 3. The summed E-state index contributed by atoms with van der Waals surface area (Å²) in [6.45, 7) is 5.74. The third-order valence-electron chi connectivity index (χ3n) is 2.76. The highest BCUT2D eigenvalue weighted by atomic mass is 16.3. The van der Waals surface area contributed by atoms with Crippen molar-refractivity contribution in [1.29, 1.82) is 0 Å². The lowest BCUT2D eigenvalue weighted by atomic mass is 10.1. The lowest BCUT2D eigenvalue weighted by molar-refractivity contribution is 0.471. The van der Waals surface area contributed by atoms with E-state index >= 15 is 0 Å². The number of phenols is 1. The predicted octanol–water partition coefficient (Wildman–Crippen LogP) is 3.46. The van der Waals surface area contributed by atoms with Crippen LogP contribution < -0.4 is 0 Å². The quantitative estimate of drug-likeness (QED) is 0.817. The molecule has 0 aliphatic rings. The third kappa shape index (κ3) is 2.74. The van der Waals surface area contributed by atoms with Crippen molar-refractivity contribution in [3.05, 3.63) is 52.8 Å². The second-order valence-electron chi connectivity index (χ2n) is 4.39. The van der Waals surface area contributed by atoms with Crippen molar-refractivity contribution in [3.63, 3.8) is 0 Å². The highest BCUT2D eigenvalue weighted by Gasteiger charge is 2.01. The number of pyridine rings is 1. The molecule has 3 nitrogen and oxygen atoms in total. The lowest BCUT2D eigenvalue weighted by Gasteiger charge is -2.04. The van der Waals surface area contributed by atoms with Gasteiger partial charge in [-0.2, -0.15) is 0 Å². The molecule has 0 aliphatic carbocycles. The van der Waals surface area contributed by atoms with Gasteiger partial charge in [0.15, 0.2) is 0 Å². The van der Waals surface area contributed by atoms with Crippen LogP contribution in [0.5, 0.6) is 5.75 Å². The molecule has 3 heteroatoms. The molecule has 0 saturated carbocycles. The summed E-state index contributed by atoms with van der Waals surface area (Å²) >= 11 is 0. The predicted molar refractivity (Wildman–Crippen MR) is 73.8 cm³/mol. The van der Waals surface area contributed by atoms with Crippen molar-refractivity contribution in [2.24, 2.45) is 4.99 Å². The number of aromatic nitrogens is 1. The molecule has 18 heavy (non-hydrogen) atoms. The van der Waals surface area contributed by atoms with Crippen molar-refractivity contribution < 1.29 is 5.11 Å². The van der Waals surface area contributed by atoms with E-state index in [9.17, 15) is 5.11 Å². The Morgan fingerprint density at radius 3 is 2.61 bits per heavy atom. The third-order valence-corrected chi connectivity index (χ3v) is 2.76. The Morgan fingerprint density at radius 2 is 1.89 bits per heavy atom. The average Bonchev–Trinajstić information content (AvgIpc) is 2.32. The molecule has 0 bridgehead atoms. The van der Waals surface area contributed by atoms with Crippen LogP contribution in [-0.4, -0.2) is 16.3 Å². The Kier molecular flexibility index (Phi) is 3.42. The smallest absolute Gasteiger partial charge is 0.118 e. The maximum absolute atomic E-state index is 9.58. The minimum atomic E-state index is 0.306. The van der Waals surface area contributed by atoms with E-state index in [1.807, 2.05) is 45.0 Å². The van der Waals surface area contributed by atoms with Gasteiger partial charge < -0.3 is 5.11 Å². The number of aromatic hydroxyl groups is 1. The van der Waals surface area contributed by atoms with Crippen LogP contribution in [0.4, 0.5) is 5.69 Å².